The minimum absolute atomic E-state index is 0.0268. The van der Waals surface area contributed by atoms with Crippen LogP contribution >= 0.6 is 0 Å². The third-order valence-electron chi connectivity index (χ3n) is 7.42. The second-order valence-electron chi connectivity index (χ2n) is 10.1. The van der Waals surface area contributed by atoms with E-state index >= 15 is 0 Å². The molecule has 4 heteroatoms. The van der Waals surface area contributed by atoms with E-state index in [-0.39, 0.29) is 18.1 Å². The standard InChI is InChI=1S/C30H32O4/c1-30(2)25-19-24(29(31)32)26(15-13-20-9-5-3-6-10-20)33-28(25)23-18-22(14-16-27(23)34-30)17-21-11-7-4-8-12-21/h3-12,14,16,18,24-26,28H,13,15,17,19H2,1-2H3,(H,31,32)/t24-,25+,26+,28-/m1/s1. The summed E-state index contributed by atoms with van der Waals surface area (Å²) in [5, 5.41) is 10.0. The number of aryl methyl sites for hydroxylation is 1. The monoisotopic (exact) mass is 456 g/mol. The Morgan fingerprint density at radius 1 is 0.941 bits per heavy atom. The van der Waals surface area contributed by atoms with Crippen molar-refractivity contribution in [2.45, 2.75) is 57.3 Å². The maximum Gasteiger partial charge on any atom is 0.309 e. The molecule has 0 spiro atoms. The van der Waals surface area contributed by atoms with Crippen LogP contribution in [0.4, 0.5) is 0 Å². The van der Waals surface area contributed by atoms with Crippen LogP contribution in [0.25, 0.3) is 0 Å². The largest absolute Gasteiger partial charge is 0.487 e. The van der Waals surface area contributed by atoms with Gasteiger partial charge in [-0.2, -0.15) is 0 Å². The van der Waals surface area contributed by atoms with Crippen molar-refractivity contribution in [1.82, 2.24) is 0 Å². The van der Waals surface area contributed by atoms with Gasteiger partial charge in [0, 0.05) is 11.5 Å². The molecule has 0 amide bonds. The van der Waals surface area contributed by atoms with Crippen LogP contribution in [0.15, 0.2) is 78.9 Å². The first-order chi connectivity index (χ1) is 16.4. The smallest absolute Gasteiger partial charge is 0.309 e. The van der Waals surface area contributed by atoms with Crippen molar-refractivity contribution < 1.29 is 19.4 Å². The molecule has 5 rings (SSSR count). The fourth-order valence-electron chi connectivity index (χ4n) is 5.56. The molecule has 3 aromatic carbocycles. The number of benzene rings is 3. The fraction of sp³-hybridized carbons (Fsp3) is 0.367. The van der Waals surface area contributed by atoms with Gasteiger partial charge in [-0.25, -0.2) is 0 Å². The zero-order valence-electron chi connectivity index (χ0n) is 19.8. The van der Waals surface area contributed by atoms with Crippen LogP contribution in [0.5, 0.6) is 5.75 Å². The zero-order valence-corrected chi connectivity index (χ0v) is 19.8. The summed E-state index contributed by atoms with van der Waals surface area (Å²) in [6, 6.07) is 27.0. The molecule has 2 heterocycles. The number of fused-ring (bicyclic) bond motifs is 3. The molecule has 0 aliphatic carbocycles. The highest BCUT2D eigenvalue weighted by atomic mass is 16.5. The summed E-state index contributed by atoms with van der Waals surface area (Å²) in [6.45, 7) is 4.11. The van der Waals surface area contributed by atoms with Crippen molar-refractivity contribution in [2.24, 2.45) is 11.8 Å². The van der Waals surface area contributed by atoms with Crippen LogP contribution in [-0.4, -0.2) is 22.8 Å². The molecule has 2 aliphatic rings. The highest BCUT2D eigenvalue weighted by molar-refractivity contribution is 5.71. The molecule has 0 unspecified atom stereocenters. The molecular formula is C30H32O4. The van der Waals surface area contributed by atoms with Gasteiger partial charge in [0.25, 0.3) is 0 Å². The Morgan fingerprint density at radius 2 is 1.62 bits per heavy atom. The molecule has 0 saturated carbocycles. The SMILES string of the molecule is CC1(C)Oc2ccc(Cc3ccccc3)cc2[C@H]2O[C@@H](CCc3ccccc3)[C@H](C(=O)O)C[C@@H]21. The van der Waals surface area contributed by atoms with E-state index in [9.17, 15) is 9.90 Å². The average Bonchev–Trinajstić information content (AvgIpc) is 2.84. The maximum absolute atomic E-state index is 12.2. The van der Waals surface area contributed by atoms with Gasteiger partial charge < -0.3 is 14.6 Å². The number of rotatable bonds is 6. The van der Waals surface area contributed by atoms with Gasteiger partial charge in [0.15, 0.2) is 0 Å². The molecule has 4 atom stereocenters. The Balaban J connectivity index is 1.44. The molecule has 0 bridgehead atoms. The van der Waals surface area contributed by atoms with E-state index in [1.54, 1.807) is 0 Å². The fourth-order valence-corrected chi connectivity index (χ4v) is 5.56. The van der Waals surface area contributed by atoms with Gasteiger partial charge in [0.1, 0.15) is 11.4 Å². The zero-order chi connectivity index (χ0) is 23.7. The first kappa shape index (κ1) is 22.7. The molecule has 1 fully saturated rings. The Morgan fingerprint density at radius 3 is 2.29 bits per heavy atom. The summed E-state index contributed by atoms with van der Waals surface area (Å²) in [4.78, 5) is 12.2. The van der Waals surface area contributed by atoms with Gasteiger partial charge >= 0.3 is 5.97 Å². The number of ether oxygens (including phenoxy) is 2. The van der Waals surface area contributed by atoms with E-state index < -0.39 is 17.5 Å². The number of hydrogen-bond acceptors (Lipinski definition) is 3. The molecule has 1 saturated heterocycles. The van der Waals surface area contributed by atoms with Crippen LogP contribution in [0.1, 0.15) is 55.0 Å². The lowest BCUT2D eigenvalue weighted by Crippen LogP contribution is -2.52. The van der Waals surface area contributed by atoms with Gasteiger partial charge in [-0.1, -0.05) is 66.7 Å². The second-order valence-corrected chi connectivity index (χ2v) is 10.1. The van der Waals surface area contributed by atoms with Crippen molar-refractivity contribution in [3.05, 3.63) is 101 Å². The van der Waals surface area contributed by atoms with Crippen LogP contribution < -0.4 is 4.74 Å². The van der Waals surface area contributed by atoms with E-state index in [1.807, 2.05) is 24.3 Å². The molecule has 4 nitrogen and oxygen atoms in total. The molecule has 34 heavy (non-hydrogen) atoms. The summed E-state index contributed by atoms with van der Waals surface area (Å²) in [7, 11) is 0. The summed E-state index contributed by atoms with van der Waals surface area (Å²) in [5.74, 6) is -0.502. The van der Waals surface area contributed by atoms with Crippen LogP contribution in [0, 0.1) is 11.8 Å². The minimum atomic E-state index is -0.782. The molecule has 176 valence electrons. The predicted octanol–water partition coefficient (Wildman–Crippen LogP) is 6.23. The van der Waals surface area contributed by atoms with Crippen LogP contribution in [0.2, 0.25) is 0 Å². The number of carboxylic acid groups (broad SMARTS) is 1. The van der Waals surface area contributed by atoms with Gasteiger partial charge in [-0.05, 0) is 68.4 Å². The van der Waals surface area contributed by atoms with E-state index in [1.165, 1.54) is 16.7 Å². The number of carboxylic acids is 1. The lowest BCUT2D eigenvalue weighted by Gasteiger charge is -2.50. The molecule has 0 aromatic heterocycles. The third kappa shape index (κ3) is 4.60. The average molecular weight is 457 g/mol. The van der Waals surface area contributed by atoms with E-state index in [0.29, 0.717) is 12.8 Å². The quantitative estimate of drug-likeness (QED) is 0.478. The summed E-state index contributed by atoms with van der Waals surface area (Å²) in [6.07, 6.45) is 2.36. The first-order valence-corrected chi connectivity index (χ1v) is 12.2. The Labute approximate surface area is 201 Å². The minimum Gasteiger partial charge on any atom is -0.487 e. The maximum atomic E-state index is 12.2. The summed E-state index contributed by atoms with van der Waals surface area (Å²) < 4.78 is 13.1. The highest BCUT2D eigenvalue weighted by Crippen LogP contribution is 2.52. The summed E-state index contributed by atoms with van der Waals surface area (Å²) in [5.41, 5.74) is 4.21. The normalized spacial score (nSPS) is 25.0. The van der Waals surface area contributed by atoms with Crippen molar-refractivity contribution in [2.75, 3.05) is 0 Å². The Kier molecular flexibility index (Phi) is 6.18. The van der Waals surface area contributed by atoms with Gasteiger partial charge in [0.2, 0.25) is 0 Å². The molecule has 2 aliphatic heterocycles. The Bertz CT molecular complexity index is 1140. The summed E-state index contributed by atoms with van der Waals surface area (Å²) >= 11 is 0. The van der Waals surface area contributed by atoms with Gasteiger partial charge in [-0.15, -0.1) is 0 Å². The van der Waals surface area contributed by atoms with Gasteiger partial charge in [0.05, 0.1) is 18.1 Å². The third-order valence-corrected chi connectivity index (χ3v) is 7.42. The second kappa shape index (κ2) is 9.27. The molecule has 0 radical (unpaired) electrons. The highest BCUT2D eigenvalue weighted by Gasteiger charge is 2.51. The lowest BCUT2D eigenvalue weighted by atomic mass is 9.71. The number of aliphatic carboxylic acids is 1. The molecule has 1 N–H and O–H groups in total. The van der Waals surface area contributed by atoms with Crippen molar-refractivity contribution in [1.29, 1.82) is 0 Å². The lowest BCUT2D eigenvalue weighted by molar-refractivity contribution is -0.188. The molecular weight excluding hydrogens is 424 g/mol. The number of hydrogen-bond donors (Lipinski definition) is 1. The topological polar surface area (TPSA) is 55.8 Å². The van der Waals surface area contributed by atoms with Crippen molar-refractivity contribution in [3.8, 4) is 5.75 Å². The molecule has 3 aromatic rings. The van der Waals surface area contributed by atoms with Crippen molar-refractivity contribution in [3.63, 3.8) is 0 Å². The van der Waals surface area contributed by atoms with Crippen LogP contribution in [0.3, 0.4) is 0 Å². The van der Waals surface area contributed by atoms with Crippen molar-refractivity contribution >= 4 is 5.97 Å². The van der Waals surface area contributed by atoms with E-state index in [0.717, 1.165) is 24.2 Å². The van der Waals surface area contributed by atoms with E-state index in [2.05, 4.69) is 68.4 Å². The van der Waals surface area contributed by atoms with E-state index in [4.69, 9.17) is 9.47 Å². The Hall–Kier alpha value is -3.11. The van der Waals surface area contributed by atoms with Gasteiger partial charge in [-0.3, -0.25) is 4.79 Å². The number of carbonyl (C=O) groups is 1. The predicted molar refractivity (Wildman–Crippen MR) is 132 cm³/mol. The van der Waals surface area contributed by atoms with Crippen LogP contribution in [-0.2, 0) is 22.4 Å². The first-order valence-electron chi connectivity index (χ1n) is 12.2.